The Balaban J connectivity index is 2.11. The zero-order valence-corrected chi connectivity index (χ0v) is 13.4. The monoisotopic (exact) mass is 367 g/mol. The third kappa shape index (κ3) is 2.21. The minimum atomic E-state index is -0.377. The molecule has 0 N–H and O–H groups in total. The Bertz CT molecular complexity index is 1050. The van der Waals surface area contributed by atoms with E-state index in [0.717, 1.165) is 15.2 Å². The molecule has 0 saturated heterocycles. The van der Waals surface area contributed by atoms with Crippen LogP contribution in [0.15, 0.2) is 69.6 Å². The molecule has 0 amide bonds. The third-order valence-corrected chi connectivity index (χ3v) is 4.37. The van der Waals surface area contributed by atoms with E-state index in [-0.39, 0.29) is 16.4 Å². The van der Waals surface area contributed by atoms with Gasteiger partial charge in [-0.3, -0.25) is 10.1 Å². The third-order valence-electron chi connectivity index (χ3n) is 3.84. The maximum Gasteiger partial charge on any atom is 0.323 e. The molecule has 0 aliphatic rings. The van der Waals surface area contributed by atoms with Crippen molar-refractivity contribution in [3.8, 4) is 11.3 Å². The van der Waals surface area contributed by atoms with Crippen LogP contribution in [0.2, 0.25) is 0 Å². The van der Waals surface area contributed by atoms with Gasteiger partial charge in [0.25, 0.3) is 0 Å². The van der Waals surface area contributed by atoms with Gasteiger partial charge in [-0.2, -0.15) is 0 Å². The van der Waals surface area contributed by atoms with Crippen molar-refractivity contribution in [3.05, 3.63) is 75.3 Å². The molecule has 23 heavy (non-hydrogen) atoms. The van der Waals surface area contributed by atoms with Crippen molar-refractivity contribution in [2.75, 3.05) is 0 Å². The van der Waals surface area contributed by atoms with Crippen LogP contribution in [0.25, 0.3) is 33.1 Å². The summed E-state index contributed by atoms with van der Waals surface area (Å²) in [4.78, 5) is 11.2. The van der Waals surface area contributed by atoms with Gasteiger partial charge in [0.05, 0.1) is 10.3 Å². The van der Waals surface area contributed by atoms with E-state index < -0.39 is 0 Å². The summed E-state index contributed by atoms with van der Waals surface area (Å²) in [5, 5.41) is 14.0. The second-order valence-electron chi connectivity index (χ2n) is 5.21. The topological polar surface area (TPSA) is 56.3 Å². The fourth-order valence-electron chi connectivity index (χ4n) is 2.79. The SMILES string of the molecule is O=[N+]([O-])c1c(-c2ccc(Br)cc2)oc2c1ccc1ccccc12. The van der Waals surface area contributed by atoms with Crippen LogP contribution in [0.4, 0.5) is 5.69 Å². The lowest BCUT2D eigenvalue weighted by molar-refractivity contribution is -0.382. The van der Waals surface area contributed by atoms with Crippen LogP contribution in [0, 0.1) is 10.1 Å². The standard InChI is InChI=1S/C18H10BrNO3/c19-13-8-5-12(6-9-13)17-16(20(21)22)15-10-7-11-3-1-2-4-14(11)18(15)23-17/h1-10H. The van der Waals surface area contributed by atoms with Crippen molar-refractivity contribution in [1.29, 1.82) is 0 Å². The van der Waals surface area contributed by atoms with Gasteiger partial charge in [0.2, 0.25) is 5.76 Å². The summed E-state index contributed by atoms with van der Waals surface area (Å²) < 4.78 is 6.85. The highest BCUT2D eigenvalue weighted by molar-refractivity contribution is 9.10. The molecule has 0 saturated carbocycles. The highest BCUT2D eigenvalue weighted by atomic mass is 79.9. The molecule has 4 aromatic rings. The van der Waals surface area contributed by atoms with Crippen LogP contribution >= 0.6 is 15.9 Å². The zero-order valence-electron chi connectivity index (χ0n) is 11.8. The highest BCUT2D eigenvalue weighted by Gasteiger charge is 2.26. The summed E-state index contributed by atoms with van der Waals surface area (Å²) in [6.07, 6.45) is 0. The fraction of sp³-hybridized carbons (Fsp3) is 0. The van der Waals surface area contributed by atoms with Crippen molar-refractivity contribution in [2.45, 2.75) is 0 Å². The molecule has 0 radical (unpaired) electrons. The maximum absolute atomic E-state index is 11.6. The van der Waals surface area contributed by atoms with Crippen LogP contribution in [0.1, 0.15) is 0 Å². The Labute approximate surface area is 139 Å². The fourth-order valence-corrected chi connectivity index (χ4v) is 3.05. The molecule has 5 heteroatoms. The van der Waals surface area contributed by atoms with Crippen molar-refractivity contribution in [1.82, 2.24) is 0 Å². The Morgan fingerprint density at radius 3 is 2.39 bits per heavy atom. The van der Waals surface area contributed by atoms with E-state index >= 15 is 0 Å². The lowest BCUT2D eigenvalue weighted by Gasteiger charge is -1.97. The van der Waals surface area contributed by atoms with Crippen LogP contribution in [-0.4, -0.2) is 4.92 Å². The summed E-state index contributed by atoms with van der Waals surface area (Å²) in [5.41, 5.74) is 1.24. The molecule has 0 unspecified atom stereocenters. The molecule has 1 heterocycles. The molecule has 3 aromatic carbocycles. The molecule has 4 rings (SSSR count). The first kappa shape index (κ1) is 14.0. The number of nitrogens with zero attached hydrogens (tertiary/aromatic N) is 1. The van der Waals surface area contributed by atoms with Crippen LogP contribution in [0.3, 0.4) is 0 Å². The van der Waals surface area contributed by atoms with Gasteiger partial charge in [-0.05, 0) is 35.7 Å². The first-order valence-electron chi connectivity index (χ1n) is 7.00. The molecule has 112 valence electrons. The van der Waals surface area contributed by atoms with Crippen molar-refractivity contribution >= 4 is 43.4 Å². The molecule has 0 spiro atoms. The number of hydrogen-bond acceptors (Lipinski definition) is 3. The lowest BCUT2D eigenvalue weighted by Crippen LogP contribution is -1.89. The normalized spacial score (nSPS) is 11.2. The van der Waals surface area contributed by atoms with Gasteiger partial charge in [-0.25, -0.2) is 0 Å². The van der Waals surface area contributed by atoms with Crippen LogP contribution in [0.5, 0.6) is 0 Å². The minimum Gasteiger partial charge on any atom is -0.448 e. The van der Waals surface area contributed by atoms with Crippen molar-refractivity contribution in [3.63, 3.8) is 0 Å². The molecular formula is C18H10BrNO3. The molecule has 0 fully saturated rings. The largest absolute Gasteiger partial charge is 0.448 e. The first-order chi connectivity index (χ1) is 11.1. The molecule has 0 aliphatic carbocycles. The average molecular weight is 368 g/mol. The van der Waals surface area contributed by atoms with Gasteiger partial charge in [0, 0.05) is 15.4 Å². The number of rotatable bonds is 2. The molecule has 0 atom stereocenters. The lowest BCUT2D eigenvalue weighted by atomic mass is 10.1. The molecule has 0 bridgehead atoms. The first-order valence-corrected chi connectivity index (χ1v) is 7.79. The van der Waals surface area contributed by atoms with Crippen molar-refractivity contribution in [2.24, 2.45) is 0 Å². The number of nitro groups is 1. The zero-order chi connectivity index (χ0) is 16.0. The number of benzene rings is 3. The smallest absolute Gasteiger partial charge is 0.323 e. The predicted octanol–water partition coefficient (Wildman–Crippen LogP) is 5.92. The number of fused-ring (bicyclic) bond motifs is 3. The summed E-state index contributed by atoms with van der Waals surface area (Å²) in [5.74, 6) is 0.286. The Kier molecular flexibility index (Phi) is 3.16. The Morgan fingerprint density at radius 2 is 1.65 bits per heavy atom. The van der Waals surface area contributed by atoms with E-state index in [1.54, 1.807) is 18.2 Å². The summed E-state index contributed by atoms with van der Waals surface area (Å²) in [6.45, 7) is 0. The number of furan rings is 1. The maximum atomic E-state index is 11.6. The Morgan fingerprint density at radius 1 is 0.913 bits per heavy atom. The van der Waals surface area contributed by atoms with E-state index in [0.29, 0.717) is 16.5 Å². The second kappa shape index (κ2) is 5.21. The van der Waals surface area contributed by atoms with Crippen LogP contribution in [-0.2, 0) is 0 Å². The van der Waals surface area contributed by atoms with Crippen molar-refractivity contribution < 1.29 is 9.34 Å². The molecule has 1 aromatic heterocycles. The van der Waals surface area contributed by atoms with E-state index in [1.807, 2.05) is 42.5 Å². The average Bonchev–Trinajstić information content (AvgIpc) is 2.95. The van der Waals surface area contributed by atoms with E-state index in [2.05, 4.69) is 15.9 Å². The predicted molar refractivity (Wildman–Crippen MR) is 93.5 cm³/mol. The van der Waals surface area contributed by atoms with Gasteiger partial charge in [0.1, 0.15) is 5.58 Å². The van der Waals surface area contributed by atoms with E-state index in [9.17, 15) is 10.1 Å². The van der Waals surface area contributed by atoms with E-state index in [4.69, 9.17) is 4.42 Å². The second-order valence-corrected chi connectivity index (χ2v) is 6.12. The minimum absolute atomic E-state index is 0.00748. The van der Waals surface area contributed by atoms with Gasteiger partial charge in [0.15, 0.2) is 0 Å². The highest BCUT2D eigenvalue weighted by Crippen LogP contribution is 2.42. The van der Waals surface area contributed by atoms with Gasteiger partial charge in [-0.1, -0.05) is 46.3 Å². The van der Waals surface area contributed by atoms with Gasteiger partial charge >= 0.3 is 5.69 Å². The van der Waals surface area contributed by atoms with Gasteiger partial charge < -0.3 is 4.42 Å². The summed E-state index contributed by atoms with van der Waals surface area (Å²) in [6, 6.07) is 18.6. The number of halogens is 1. The van der Waals surface area contributed by atoms with Gasteiger partial charge in [-0.15, -0.1) is 0 Å². The summed E-state index contributed by atoms with van der Waals surface area (Å²) >= 11 is 3.37. The quantitative estimate of drug-likeness (QED) is 0.326. The summed E-state index contributed by atoms with van der Waals surface area (Å²) in [7, 11) is 0. The molecule has 4 nitrogen and oxygen atoms in total. The molecular weight excluding hydrogens is 358 g/mol. The van der Waals surface area contributed by atoms with Crippen LogP contribution < -0.4 is 0 Å². The Hall–Kier alpha value is -2.66. The van der Waals surface area contributed by atoms with E-state index in [1.165, 1.54) is 0 Å². The molecule has 0 aliphatic heterocycles. The number of hydrogen-bond donors (Lipinski definition) is 0.